The van der Waals surface area contributed by atoms with Gasteiger partial charge in [0, 0.05) is 20.0 Å². The number of hydrogen-bond acceptors (Lipinski definition) is 4. The molecule has 3 N–H and O–H groups in total. The molecule has 10 atom stereocenters. The minimum Gasteiger partial charge on any atom is -0.481 e. The molecule has 0 aromatic carbocycles. The van der Waals surface area contributed by atoms with E-state index < -0.39 is 5.97 Å². The molecule has 0 spiro atoms. The van der Waals surface area contributed by atoms with Crippen molar-refractivity contribution < 1.29 is 24.9 Å². The summed E-state index contributed by atoms with van der Waals surface area (Å²) in [6.45, 7) is 7.49. The molecule has 6 nitrogen and oxygen atoms in total. The molecule has 0 bridgehead atoms. The maximum Gasteiger partial charge on any atom is 0.305 e. The molecular formula is C28H47NO5. The van der Waals surface area contributed by atoms with E-state index in [1.54, 1.807) is 11.9 Å². The first-order valence-electron chi connectivity index (χ1n) is 13.8. The van der Waals surface area contributed by atoms with Gasteiger partial charge in [-0.3, -0.25) is 9.59 Å². The predicted octanol–water partition coefficient (Wildman–Crippen LogP) is 4.33. The third kappa shape index (κ3) is 4.54. The number of carbonyl (C=O) groups is 2. The number of aliphatic hydroxyl groups excluding tert-OH is 2. The molecule has 0 aromatic heterocycles. The molecule has 0 heterocycles. The molecule has 0 aromatic rings. The van der Waals surface area contributed by atoms with Crippen LogP contribution in [0, 0.1) is 46.3 Å². The van der Waals surface area contributed by atoms with Gasteiger partial charge in [-0.25, -0.2) is 0 Å². The Bertz CT molecular complexity index is 772. The van der Waals surface area contributed by atoms with E-state index in [1.807, 2.05) is 0 Å². The van der Waals surface area contributed by atoms with Crippen LogP contribution in [0.2, 0.25) is 0 Å². The molecule has 0 unspecified atom stereocenters. The third-order valence-corrected chi connectivity index (χ3v) is 11.3. The van der Waals surface area contributed by atoms with Crippen LogP contribution >= 0.6 is 0 Å². The first-order valence-corrected chi connectivity index (χ1v) is 13.8. The lowest BCUT2D eigenvalue weighted by atomic mass is 9.43. The van der Waals surface area contributed by atoms with E-state index in [2.05, 4.69) is 20.8 Å². The molecule has 4 rings (SSSR count). The lowest BCUT2D eigenvalue weighted by molar-refractivity contribution is -0.174. The maximum absolute atomic E-state index is 12.5. The Hall–Kier alpha value is -1.14. The van der Waals surface area contributed by atoms with Crippen molar-refractivity contribution in [3.8, 4) is 0 Å². The van der Waals surface area contributed by atoms with Crippen LogP contribution in [-0.2, 0) is 9.59 Å². The molecule has 1 amide bonds. The zero-order valence-corrected chi connectivity index (χ0v) is 21.7. The number of carbonyl (C=O) groups excluding carboxylic acids is 1. The minimum absolute atomic E-state index is 0.0101. The quantitative estimate of drug-likeness (QED) is 0.507. The van der Waals surface area contributed by atoms with E-state index in [9.17, 15) is 19.8 Å². The number of hydrogen-bond donors (Lipinski definition) is 3. The van der Waals surface area contributed by atoms with Crippen LogP contribution in [0.25, 0.3) is 0 Å². The number of fused-ring (bicyclic) bond motifs is 5. The van der Waals surface area contributed by atoms with Crippen LogP contribution in [-0.4, -0.2) is 57.9 Å². The van der Waals surface area contributed by atoms with E-state index in [0.717, 1.165) is 32.1 Å². The van der Waals surface area contributed by atoms with Crippen LogP contribution in [0.1, 0.15) is 91.4 Å². The lowest BCUT2D eigenvalue weighted by Crippen LogP contribution is -2.58. The summed E-state index contributed by atoms with van der Waals surface area (Å²) in [4.78, 5) is 24.9. The highest BCUT2D eigenvalue weighted by atomic mass is 16.4. The van der Waals surface area contributed by atoms with Crippen molar-refractivity contribution >= 4 is 11.9 Å². The Balaban J connectivity index is 1.41. The number of carboxylic acids is 1. The Morgan fingerprint density at radius 2 is 1.65 bits per heavy atom. The SMILES string of the molecule is C[C@H](CCC(=O)N(C)CCC(=O)O)[C@H]1CC[C@H]2[C@@H]3[C@H](O)C[C@@H]4C[C@H](O)CC[C@]4(C)[C@H]3CC[C@]12C. The Morgan fingerprint density at radius 1 is 0.971 bits per heavy atom. The zero-order chi connectivity index (χ0) is 24.8. The van der Waals surface area contributed by atoms with Gasteiger partial charge in [-0.15, -0.1) is 0 Å². The minimum atomic E-state index is -0.872. The van der Waals surface area contributed by atoms with Crippen LogP contribution in [0.3, 0.4) is 0 Å². The number of carboxylic acid groups (broad SMARTS) is 1. The number of nitrogens with zero attached hydrogens (tertiary/aromatic N) is 1. The number of aliphatic hydroxyl groups is 2. The van der Waals surface area contributed by atoms with E-state index in [0.29, 0.717) is 41.9 Å². The lowest BCUT2D eigenvalue weighted by Gasteiger charge is -2.62. The smallest absolute Gasteiger partial charge is 0.305 e. The van der Waals surface area contributed by atoms with Gasteiger partial charge in [0.15, 0.2) is 0 Å². The highest BCUT2D eigenvalue weighted by Crippen LogP contribution is 2.68. The van der Waals surface area contributed by atoms with Crippen LogP contribution < -0.4 is 0 Å². The molecule has 34 heavy (non-hydrogen) atoms. The molecule has 0 radical (unpaired) electrons. The van der Waals surface area contributed by atoms with Gasteiger partial charge in [0.2, 0.25) is 5.91 Å². The number of aliphatic carboxylic acids is 1. The Kier molecular flexibility index (Phi) is 7.42. The van der Waals surface area contributed by atoms with Gasteiger partial charge >= 0.3 is 5.97 Å². The molecule has 4 aliphatic rings. The first kappa shape index (κ1) is 25.9. The molecule has 0 saturated heterocycles. The summed E-state index contributed by atoms with van der Waals surface area (Å²) in [6.07, 6.45) is 9.31. The summed E-state index contributed by atoms with van der Waals surface area (Å²) in [6, 6.07) is 0. The molecular weight excluding hydrogens is 430 g/mol. The average molecular weight is 478 g/mol. The predicted molar refractivity (Wildman–Crippen MR) is 131 cm³/mol. The summed E-state index contributed by atoms with van der Waals surface area (Å²) < 4.78 is 0. The average Bonchev–Trinajstić information content (AvgIpc) is 3.14. The summed E-state index contributed by atoms with van der Waals surface area (Å²) >= 11 is 0. The van der Waals surface area contributed by atoms with Crippen LogP contribution in [0.4, 0.5) is 0 Å². The molecule has 4 aliphatic carbocycles. The number of rotatable bonds is 7. The third-order valence-electron chi connectivity index (χ3n) is 11.3. The van der Waals surface area contributed by atoms with Gasteiger partial charge in [-0.05, 0) is 104 Å². The van der Waals surface area contributed by atoms with Crippen LogP contribution in [0.15, 0.2) is 0 Å². The fraction of sp³-hybridized carbons (Fsp3) is 0.929. The molecule has 4 fully saturated rings. The summed E-state index contributed by atoms with van der Waals surface area (Å²) in [5.74, 6) is 2.10. The fourth-order valence-electron chi connectivity index (χ4n) is 9.31. The second-order valence-corrected chi connectivity index (χ2v) is 12.9. The fourth-order valence-corrected chi connectivity index (χ4v) is 9.31. The van der Waals surface area contributed by atoms with Crippen molar-refractivity contribution in [2.45, 2.75) is 104 Å². The highest BCUT2D eigenvalue weighted by Gasteiger charge is 2.62. The topological polar surface area (TPSA) is 98.1 Å². The molecule has 6 heteroatoms. The van der Waals surface area contributed by atoms with E-state index in [1.165, 1.54) is 25.7 Å². The Labute approximate surface area is 205 Å². The summed E-state index contributed by atoms with van der Waals surface area (Å²) in [5.41, 5.74) is 0.471. The van der Waals surface area contributed by atoms with Crippen LogP contribution in [0.5, 0.6) is 0 Å². The van der Waals surface area contributed by atoms with Gasteiger partial charge in [0.25, 0.3) is 0 Å². The maximum atomic E-state index is 12.5. The van der Waals surface area contributed by atoms with E-state index in [-0.39, 0.29) is 41.9 Å². The van der Waals surface area contributed by atoms with Gasteiger partial charge in [-0.2, -0.15) is 0 Å². The van der Waals surface area contributed by atoms with Crippen molar-refractivity contribution in [2.75, 3.05) is 13.6 Å². The van der Waals surface area contributed by atoms with Crippen molar-refractivity contribution in [1.29, 1.82) is 0 Å². The van der Waals surface area contributed by atoms with Gasteiger partial charge in [0.1, 0.15) is 0 Å². The summed E-state index contributed by atoms with van der Waals surface area (Å²) in [5, 5.41) is 30.5. The van der Waals surface area contributed by atoms with Crippen molar-refractivity contribution in [1.82, 2.24) is 4.90 Å². The molecule has 194 valence electrons. The van der Waals surface area contributed by atoms with Gasteiger partial charge in [0.05, 0.1) is 18.6 Å². The van der Waals surface area contributed by atoms with Crippen molar-refractivity contribution in [3.63, 3.8) is 0 Å². The second kappa shape index (κ2) is 9.72. The summed E-state index contributed by atoms with van der Waals surface area (Å²) in [7, 11) is 1.70. The Morgan fingerprint density at radius 3 is 2.35 bits per heavy atom. The molecule has 0 aliphatic heterocycles. The standard InChI is InChI=1S/C28H47NO5/c1-17(5-8-24(32)29(4)14-11-25(33)34)20-6-7-21-26-22(10-13-28(20,21)3)27(2)12-9-19(30)15-18(27)16-23(26)31/h17-23,26,30-31H,5-16H2,1-4H3,(H,33,34)/t17-,18+,19-,20-,21+,22+,23-,26+,27+,28-/m1/s1. The monoisotopic (exact) mass is 477 g/mol. The largest absolute Gasteiger partial charge is 0.481 e. The highest BCUT2D eigenvalue weighted by molar-refractivity contribution is 5.76. The van der Waals surface area contributed by atoms with Crippen molar-refractivity contribution in [3.05, 3.63) is 0 Å². The molecule has 4 saturated carbocycles. The number of amides is 1. The van der Waals surface area contributed by atoms with E-state index >= 15 is 0 Å². The van der Waals surface area contributed by atoms with Gasteiger partial charge < -0.3 is 20.2 Å². The second-order valence-electron chi connectivity index (χ2n) is 12.9. The normalized spacial score (nSPS) is 44.5. The first-order chi connectivity index (χ1) is 16.0. The van der Waals surface area contributed by atoms with Crippen molar-refractivity contribution in [2.24, 2.45) is 46.3 Å². The van der Waals surface area contributed by atoms with Gasteiger partial charge in [-0.1, -0.05) is 20.8 Å². The van der Waals surface area contributed by atoms with E-state index in [4.69, 9.17) is 5.11 Å². The zero-order valence-electron chi connectivity index (χ0n) is 21.7.